The van der Waals surface area contributed by atoms with Gasteiger partial charge in [-0.2, -0.15) is 4.31 Å². The molecule has 1 unspecified atom stereocenters. The van der Waals surface area contributed by atoms with Crippen LogP contribution in [0.3, 0.4) is 0 Å². The third kappa shape index (κ3) is 6.96. The van der Waals surface area contributed by atoms with Gasteiger partial charge in [-0.15, -0.1) is 0 Å². The number of sulfonamides is 1. The maximum Gasteiger partial charge on any atom is 0.251 e. The second-order valence-corrected chi connectivity index (χ2v) is 11.4. The highest BCUT2D eigenvalue weighted by Gasteiger charge is 2.36. The average Bonchev–Trinajstić information content (AvgIpc) is 2.86. The fourth-order valence-corrected chi connectivity index (χ4v) is 5.58. The van der Waals surface area contributed by atoms with Crippen molar-refractivity contribution in [3.8, 4) is 5.75 Å². The van der Waals surface area contributed by atoms with Crippen LogP contribution in [0.2, 0.25) is 5.02 Å². The normalized spacial score (nSPS) is 16.0. The lowest BCUT2D eigenvalue weighted by molar-refractivity contribution is -0.124. The van der Waals surface area contributed by atoms with E-state index in [1.54, 1.807) is 43.5 Å². The molecule has 3 rings (SSSR count). The van der Waals surface area contributed by atoms with Gasteiger partial charge >= 0.3 is 0 Å². The Hall–Kier alpha value is -2.62. The highest BCUT2D eigenvalue weighted by atomic mass is 35.5. The summed E-state index contributed by atoms with van der Waals surface area (Å²) in [6.45, 7) is 4.97. The molecule has 1 atom stereocenters. The molecule has 2 aromatic carbocycles. The van der Waals surface area contributed by atoms with Crippen LogP contribution in [0.15, 0.2) is 53.4 Å². The number of hydrogen-bond donors (Lipinski definition) is 2. The van der Waals surface area contributed by atoms with Gasteiger partial charge in [0.05, 0.1) is 12.0 Å². The fourth-order valence-electron chi connectivity index (χ4n) is 3.98. The minimum absolute atomic E-state index is 0.180. The van der Waals surface area contributed by atoms with E-state index in [9.17, 15) is 18.0 Å². The summed E-state index contributed by atoms with van der Waals surface area (Å²) in [6, 6.07) is 11.9. The van der Waals surface area contributed by atoms with Gasteiger partial charge in [0.25, 0.3) is 5.91 Å². The number of nitrogens with one attached hydrogen (secondary N) is 2. The summed E-state index contributed by atoms with van der Waals surface area (Å²) in [6.07, 6.45) is 0.880. The largest absolute Gasteiger partial charge is 0.497 e. The van der Waals surface area contributed by atoms with Crippen LogP contribution in [0.4, 0.5) is 0 Å². The van der Waals surface area contributed by atoms with Gasteiger partial charge in [-0.1, -0.05) is 25.4 Å². The Balaban J connectivity index is 1.72. The van der Waals surface area contributed by atoms with E-state index in [2.05, 4.69) is 10.6 Å². The topological polar surface area (TPSA) is 105 Å². The first-order valence-electron chi connectivity index (χ1n) is 11.6. The van der Waals surface area contributed by atoms with Crippen LogP contribution in [0, 0.1) is 11.8 Å². The third-order valence-corrected chi connectivity index (χ3v) is 8.19. The highest BCUT2D eigenvalue weighted by Crippen LogP contribution is 2.27. The molecule has 0 radical (unpaired) electrons. The summed E-state index contributed by atoms with van der Waals surface area (Å²) in [5.74, 6) is 0.0412. The lowest BCUT2D eigenvalue weighted by Gasteiger charge is -2.35. The average molecular weight is 522 g/mol. The molecule has 1 aliphatic heterocycles. The molecule has 8 nitrogen and oxygen atoms in total. The second-order valence-electron chi connectivity index (χ2n) is 9.01. The van der Waals surface area contributed by atoms with Crippen molar-refractivity contribution in [1.82, 2.24) is 14.9 Å². The van der Waals surface area contributed by atoms with Crippen LogP contribution in [0.1, 0.15) is 37.0 Å². The molecule has 0 spiro atoms. The number of hydrogen-bond acceptors (Lipinski definition) is 5. The Labute approximate surface area is 212 Å². The number of nitrogens with zero attached hydrogens (tertiary/aromatic N) is 1. The van der Waals surface area contributed by atoms with Gasteiger partial charge in [0.15, 0.2) is 0 Å². The summed E-state index contributed by atoms with van der Waals surface area (Å²) >= 11 is 5.89. The molecule has 1 heterocycles. The standard InChI is InChI=1S/C25H32ClN3O5S/c1-17(2)16-27-25(31)23(28-24(30)19-4-8-21(34-3)9-5-19)18-12-14-29(15-13-18)35(32,33)22-10-6-20(26)7-11-22/h4-11,17-18,23H,12-16H2,1-3H3,(H,27,31)(H,28,30). The van der Waals surface area contributed by atoms with Crippen molar-refractivity contribution < 1.29 is 22.7 Å². The Morgan fingerprint density at radius 3 is 2.20 bits per heavy atom. The van der Waals surface area contributed by atoms with Crippen molar-refractivity contribution in [3.05, 3.63) is 59.1 Å². The molecule has 1 saturated heterocycles. The van der Waals surface area contributed by atoms with E-state index >= 15 is 0 Å². The van der Waals surface area contributed by atoms with E-state index < -0.39 is 16.1 Å². The number of carbonyl (C=O) groups excluding carboxylic acids is 2. The SMILES string of the molecule is COc1ccc(C(=O)NC(C(=O)NCC(C)C)C2CCN(S(=O)(=O)c3ccc(Cl)cc3)CC2)cc1. The number of piperidine rings is 1. The fraction of sp³-hybridized carbons (Fsp3) is 0.440. The first-order valence-corrected chi connectivity index (χ1v) is 13.4. The number of rotatable bonds is 9. The lowest BCUT2D eigenvalue weighted by atomic mass is 9.89. The molecule has 0 aromatic heterocycles. The number of ether oxygens (including phenoxy) is 1. The monoisotopic (exact) mass is 521 g/mol. The predicted octanol–water partition coefficient (Wildman–Crippen LogP) is 3.32. The number of amides is 2. The zero-order chi connectivity index (χ0) is 25.6. The molecule has 2 aromatic rings. The maximum atomic E-state index is 13.1. The Kier molecular flexibility index (Phi) is 9.15. The Bertz CT molecular complexity index is 1110. The van der Waals surface area contributed by atoms with E-state index in [1.165, 1.54) is 16.4 Å². The number of halogens is 1. The van der Waals surface area contributed by atoms with Crippen LogP contribution < -0.4 is 15.4 Å². The minimum atomic E-state index is -3.67. The molecule has 2 amide bonds. The van der Waals surface area contributed by atoms with Gasteiger partial charge in [0.2, 0.25) is 15.9 Å². The molecule has 0 aliphatic carbocycles. The van der Waals surface area contributed by atoms with Crippen LogP contribution >= 0.6 is 11.6 Å². The van der Waals surface area contributed by atoms with E-state index in [0.717, 1.165) is 0 Å². The predicted molar refractivity (Wildman–Crippen MR) is 135 cm³/mol. The van der Waals surface area contributed by atoms with Gasteiger partial charge < -0.3 is 15.4 Å². The van der Waals surface area contributed by atoms with Crippen molar-refractivity contribution >= 4 is 33.4 Å². The van der Waals surface area contributed by atoms with Gasteiger partial charge in [-0.05, 0) is 73.2 Å². The van der Waals surface area contributed by atoms with Crippen molar-refractivity contribution in [2.24, 2.45) is 11.8 Å². The molecule has 35 heavy (non-hydrogen) atoms. The summed E-state index contributed by atoms with van der Waals surface area (Å²) in [4.78, 5) is 26.2. The number of methoxy groups -OCH3 is 1. The molecule has 2 N–H and O–H groups in total. The van der Waals surface area contributed by atoms with Crippen LogP contribution in [-0.4, -0.2) is 57.3 Å². The molecule has 1 aliphatic rings. The Morgan fingerprint density at radius 1 is 1.06 bits per heavy atom. The molecule has 0 saturated carbocycles. The van der Waals surface area contributed by atoms with Crippen LogP contribution in [0.25, 0.3) is 0 Å². The molecule has 1 fully saturated rings. The zero-order valence-electron chi connectivity index (χ0n) is 20.2. The highest BCUT2D eigenvalue weighted by molar-refractivity contribution is 7.89. The molecule has 10 heteroatoms. The van der Waals surface area contributed by atoms with E-state index in [-0.39, 0.29) is 41.6 Å². The summed E-state index contributed by atoms with van der Waals surface area (Å²) in [7, 11) is -2.12. The maximum absolute atomic E-state index is 13.1. The van der Waals surface area contributed by atoms with Crippen molar-refractivity contribution in [2.45, 2.75) is 37.6 Å². The summed E-state index contributed by atoms with van der Waals surface area (Å²) in [5, 5.41) is 6.25. The van der Waals surface area contributed by atoms with Crippen molar-refractivity contribution in [1.29, 1.82) is 0 Å². The van der Waals surface area contributed by atoms with Gasteiger partial charge in [0.1, 0.15) is 11.8 Å². The minimum Gasteiger partial charge on any atom is -0.497 e. The smallest absolute Gasteiger partial charge is 0.251 e. The van der Waals surface area contributed by atoms with E-state index in [4.69, 9.17) is 16.3 Å². The van der Waals surface area contributed by atoms with Crippen LogP contribution in [-0.2, 0) is 14.8 Å². The van der Waals surface area contributed by atoms with Crippen molar-refractivity contribution in [3.63, 3.8) is 0 Å². The lowest BCUT2D eigenvalue weighted by Crippen LogP contribution is -2.54. The molecule has 0 bridgehead atoms. The van der Waals surface area contributed by atoms with E-state index in [1.807, 2.05) is 13.8 Å². The Morgan fingerprint density at radius 2 is 1.66 bits per heavy atom. The van der Waals surface area contributed by atoms with Crippen molar-refractivity contribution in [2.75, 3.05) is 26.7 Å². The van der Waals surface area contributed by atoms with Crippen LogP contribution in [0.5, 0.6) is 5.75 Å². The number of carbonyl (C=O) groups is 2. The third-order valence-electron chi connectivity index (χ3n) is 6.03. The first-order chi connectivity index (χ1) is 16.6. The zero-order valence-corrected chi connectivity index (χ0v) is 21.7. The van der Waals surface area contributed by atoms with Gasteiger partial charge in [-0.3, -0.25) is 9.59 Å². The molecule has 190 valence electrons. The molecular formula is C25H32ClN3O5S. The van der Waals surface area contributed by atoms with Gasteiger partial charge in [-0.25, -0.2) is 8.42 Å². The van der Waals surface area contributed by atoms with E-state index in [0.29, 0.717) is 35.7 Å². The van der Waals surface area contributed by atoms with Gasteiger partial charge in [0, 0.05) is 30.2 Å². The first kappa shape index (κ1) is 27.0. The number of benzene rings is 2. The summed E-state index contributed by atoms with van der Waals surface area (Å²) < 4.78 is 32.6. The quantitative estimate of drug-likeness (QED) is 0.526. The molecular weight excluding hydrogens is 490 g/mol. The second kappa shape index (κ2) is 11.9. The summed E-state index contributed by atoms with van der Waals surface area (Å²) in [5.41, 5.74) is 0.412.